The number of benzene rings is 1. The zero-order valence-electron chi connectivity index (χ0n) is 12.5. The van der Waals surface area contributed by atoms with Crippen molar-refractivity contribution in [1.29, 1.82) is 0 Å². The first-order chi connectivity index (χ1) is 10.6. The predicted molar refractivity (Wildman–Crippen MR) is 84.7 cm³/mol. The molecule has 2 aliphatic carbocycles. The molecule has 3 heteroatoms. The van der Waals surface area contributed by atoms with Crippen LogP contribution in [0.3, 0.4) is 0 Å². The minimum Gasteiger partial charge on any atom is -0.311 e. The van der Waals surface area contributed by atoms with E-state index in [4.69, 9.17) is 0 Å². The van der Waals surface area contributed by atoms with E-state index in [2.05, 4.69) is 0 Å². The third-order valence-corrected chi connectivity index (χ3v) is 4.92. The highest BCUT2D eigenvalue weighted by atomic mass is 16.2. The first-order valence-corrected chi connectivity index (χ1v) is 7.61. The summed E-state index contributed by atoms with van der Waals surface area (Å²) >= 11 is 0. The Morgan fingerprint density at radius 2 is 2.27 bits per heavy atom. The van der Waals surface area contributed by atoms with E-state index in [1.807, 2.05) is 43.3 Å². The molecule has 4 rings (SSSR count). The fourth-order valence-corrected chi connectivity index (χ4v) is 3.71. The van der Waals surface area contributed by atoms with E-state index in [1.165, 1.54) is 5.56 Å². The average molecular weight is 291 g/mol. The third-order valence-electron chi connectivity index (χ3n) is 4.92. The topological polar surface area (TPSA) is 37.4 Å². The van der Waals surface area contributed by atoms with Crippen LogP contribution in [-0.4, -0.2) is 23.1 Å². The van der Waals surface area contributed by atoms with E-state index < -0.39 is 0 Å². The normalized spacial score (nSPS) is 28.6. The van der Waals surface area contributed by atoms with E-state index in [0.717, 1.165) is 17.7 Å². The summed E-state index contributed by atoms with van der Waals surface area (Å²) in [5.41, 5.74) is 2.70. The van der Waals surface area contributed by atoms with Crippen LogP contribution in [0.25, 0.3) is 6.08 Å². The first-order valence-electron chi connectivity index (χ1n) is 7.61. The molecule has 1 saturated heterocycles. The van der Waals surface area contributed by atoms with E-state index in [-0.39, 0.29) is 17.1 Å². The third kappa shape index (κ3) is 1.82. The lowest BCUT2D eigenvalue weighted by atomic mass is 9.91. The summed E-state index contributed by atoms with van der Waals surface area (Å²) < 4.78 is 0. The van der Waals surface area contributed by atoms with Crippen molar-refractivity contribution < 1.29 is 9.59 Å². The molecule has 1 aliphatic heterocycles. The Kier molecular flexibility index (Phi) is 2.73. The summed E-state index contributed by atoms with van der Waals surface area (Å²) in [6.45, 7) is 2.69. The Balaban J connectivity index is 1.56. The van der Waals surface area contributed by atoms with Gasteiger partial charge in [0.25, 0.3) is 5.91 Å². The van der Waals surface area contributed by atoms with Gasteiger partial charge in [-0.1, -0.05) is 35.9 Å². The van der Waals surface area contributed by atoms with Gasteiger partial charge in [0.15, 0.2) is 5.78 Å². The number of likely N-dealkylation sites (tertiary alicyclic amines) is 1. The lowest BCUT2D eigenvalue weighted by Crippen LogP contribution is -2.31. The molecule has 2 fully saturated rings. The number of nitrogens with zero attached hydrogens (tertiary/aromatic N) is 1. The number of hydrogen-bond acceptors (Lipinski definition) is 2. The maximum Gasteiger partial charge on any atom is 0.250 e. The van der Waals surface area contributed by atoms with Crippen molar-refractivity contribution in [1.82, 2.24) is 4.90 Å². The summed E-state index contributed by atoms with van der Waals surface area (Å²) in [6, 6.07) is 8.03. The molecular formula is C19H17NO2. The van der Waals surface area contributed by atoms with Gasteiger partial charge in [0, 0.05) is 18.3 Å². The number of hydrogen-bond donors (Lipinski definition) is 0. The Morgan fingerprint density at radius 3 is 3.09 bits per heavy atom. The molecule has 110 valence electrons. The lowest BCUT2D eigenvalue weighted by Gasteiger charge is -2.24. The van der Waals surface area contributed by atoms with Gasteiger partial charge in [-0.25, -0.2) is 0 Å². The Bertz CT molecular complexity index is 771. The highest BCUT2D eigenvalue weighted by Gasteiger charge is 2.68. The molecule has 1 aromatic rings. The van der Waals surface area contributed by atoms with Gasteiger partial charge in [0.2, 0.25) is 0 Å². The lowest BCUT2D eigenvalue weighted by molar-refractivity contribution is -0.124. The van der Waals surface area contributed by atoms with Crippen molar-refractivity contribution in [2.75, 3.05) is 6.54 Å². The molecule has 2 atom stereocenters. The zero-order valence-corrected chi connectivity index (χ0v) is 12.5. The summed E-state index contributed by atoms with van der Waals surface area (Å²) in [5, 5.41) is 0. The second-order valence-corrected chi connectivity index (χ2v) is 6.34. The molecule has 1 heterocycles. The van der Waals surface area contributed by atoms with Crippen LogP contribution in [-0.2, 0) is 9.59 Å². The molecule has 1 amide bonds. The highest BCUT2D eigenvalue weighted by Crippen LogP contribution is 2.65. The van der Waals surface area contributed by atoms with E-state index in [1.54, 1.807) is 23.1 Å². The minimum absolute atomic E-state index is 0.0394. The molecule has 3 aliphatic rings. The molecule has 1 saturated carbocycles. The Morgan fingerprint density at radius 1 is 1.41 bits per heavy atom. The summed E-state index contributed by atoms with van der Waals surface area (Å²) in [5.74, 6) is 0.433. The second kappa shape index (κ2) is 4.54. The molecule has 0 bridgehead atoms. The van der Waals surface area contributed by atoms with Crippen LogP contribution in [0, 0.1) is 18.3 Å². The number of rotatable bonds is 2. The molecule has 0 N–H and O–H groups in total. The monoisotopic (exact) mass is 291 g/mol. The highest BCUT2D eigenvalue weighted by molar-refractivity contribution is 6.04. The summed E-state index contributed by atoms with van der Waals surface area (Å²) in [4.78, 5) is 26.4. The van der Waals surface area contributed by atoms with Crippen LogP contribution in [0.4, 0.5) is 0 Å². The van der Waals surface area contributed by atoms with Crippen molar-refractivity contribution in [3.63, 3.8) is 0 Å². The zero-order chi connectivity index (χ0) is 15.3. The quantitative estimate of drug-likeness (QED) is 0.786. The largest absolute Gasteiger partial charge is 0.311 e. The van der Waals surface area contributed by atoms with Crippen molar-refractivity contribution in [2.45, 2.75) is 13.3 Å². The predicted octanol–water partition coefficient (Wildman–Crippen LogP) is 2.88. The molecule has 3 nitrogen and oxygen atoms in total. The molecule has 2 unspecified atom stereocenters. The van der Waals surface area contributed by atoms with Crippen LogP contribution < -0.4 is 0 Å². The molecule has 1 aromatic carbocycles. The Hall–Kier alpha value is -2.42. The Labute approximate surface area is 129 Å². The number of amides is 1. The SMILES string of the molecule is Cc1cccc(/C=C/C(=O)N2CC3CC34C(=O)C=CC=C24)c1. The second-order valence-electron chi connectivity index (χ2n) is 6.34. The van der Waals surface area contributed by atoms with E-state index in [9.17, 15) is 9.59 Å². The van der Waals surface area contributed by atoms with Crippen molar-refractivity contribution in [3.8, 4) is 0 Å². The maximum atomic E-state index is 12.5. The number of allylic oxidation sites excluding steroid dienone is 4. The van der Waals surface area contributed by atoms with Crippen molar-refractivity contribution in [2.24, 2.45) is 11.3 Å². The van der Waals surface area contributed by atoms with Crippen LogP contribution in [0.15, 0.2) is 54.3 Å². The van der Waals surface area contributed by atoms with E-state index in [0.29, 0.717) is 12.5 Å². The summed E-state index contributed by atoms with van der Waals surface area (Å²) in [6.07, 6.45) is 9.66. The number of aryl methyl sites for hydroxylation is 1. The van der Waals surface area contributed by atoms with Crippen LogP contribution in [0.5, 0.6) is 0 Å². The van der Waals surface area contributed by atoms with Crippen LogP contribution in [0.2, 0.25) is 0 Å². The van der Waals surface area contributed by atoms with Gasteiger partial charge in [-0.15, -0.1) is 0 Å². The van der Waals surface area contributed by atoms with Gasteiger partial charge in [-0.3, -0.25) is 9.59 Å². The molecule has 22 heavy (non-hydrogen) atoms. The van der Waals surface area contributed by atoms with Gasteiger partial charge in [-0.2, -0.15) is 0 Å². The number of ketones is 1. The smallest absolute Gasteiger partial charge is 0.250 e. The van der Waals surface area contributed by atoms with Crippen molar-refractivity contribution >= 4 is 17.8 Å². The van der Waals surface area contributed by atoms with Gasteiger partial charge < -0.3 is 4.90 Å². The average Bonchev–Trinajstić information content (AvgIpc) is 3.12. The fourth-order valence-electron chi connectivity index (χ4n) is 3.71. The molecule has 1 spiro atoms. The minimum atomic E-state index is -0.373. The molecular weight excluding hydrogens is 274 g/mol. The fraction of sp³-hybridized carbons (Fsp3) is 0.263. The molecule has 0 radical (unpaired) electrons. The standard InChI is InChI=1S/C19H17NO2/c1-13-4-2-5-14(10-13)8-9-18(22)20-12-15-11-19(15)16(20)6-3-7-17(19)21/h2-10,15H,11-12H2,1H3/b9-8+. The van der Waals surface area contributed by atoms with Crippen LogP contribution in [0.1, 0.15) is 17.5 Å². The summed E-state index contributed by atoms with van der Waals surface area (Å²) in [7, 11) is 0. The molecule has 0 aromatic heterocycles. The number of piperidine rings is 1. The van der Waals surface area contributed by atoms with E-state index >= 15 is 0 Å². The van der Waals surface area contributed by atoms with Crippen LogP contribution >= 0.6 is 0 Å². The number of carbonyl (C=O) groups excluding carboxylic acids is 2. The van der Waals surface area contributed by atoms with Gasteiger partial charge in [0.05, 0.1) is 5.41 Å². The number of carbonyl (C=O) groups is 2. The first kappa shape index (κ1) is 13.3. The van der Waals surface area contributed by atoms with Crippen molar-refractivity contribution in [3.05, 3.63) is 65.4 Å². The van der Waals surface area contributed by atoms with Gasteiger partial charge in [-0.05, 0) is 43.1 Å². The van der Waals surface area contributed by atoms with Gasteiger partial charge in [0.1, 0.15) is 0 Å². The maximum absolute atomic E-state index is 12.5. The van der Waals surface area contributed by atoms with Gasteiger partial charge >= 0.3 is 0 Å².